The molecule has 1 atom stereocenters. The maximum atomic E-state index is 4.46. The number of hydrogen-bond donors (Lipinski definition) is 1. The zero-order valence-corrected chi connectivity index (χ0v) is 6.54. The van der Waals surface area contributed by atoms with Crippen molar-refractivity contribution in [3.05, 3.63) is 29.8 Å². The monoisotopic (exact) mass is 147 g/mol. The van der Waals surface area contributed by atoms with Crippen LogP contribution in [0.5, 0.6) is 0 Å². The van der Waals surface area contributed by atoms with E-state index in [4.69, 9.17) is 0 Å². The number of hydrogen-bond acceptors (Lipinski definition) is 1. The molecule has 0 aliphatic carbocycles. The third-order valence-electron chi connectivity index (χ3n) is 2.03. The van der Waals surface area contributed by atoms with Crippen molar-refractivity contribution >= 4 is 5.69 Å². The summed E-state index contributed by atoms with van der Waals surface area (Å²) >= 11 is 0. The molecule has 1 unspecified atom stereocenters. The highest BCUT2D eigenvalue weighted by Crippen LogP contribution is 2.23. The van der Waals surface area contributed by atoms with Crippen molar-refractivity contribution in [2.24, 2.45) is 0 Å². The van der Waals surface area contributed by atoms with E-state index in [1.54, 1.807) is 0 Å². The molecule has 0 saturated heterocycles. The van der Waals surface area contributed by atoms with Crippen molar-refractivity contribution in [1.82, 2.24) is 10.6 Å². The van der Waals surface area contributed by atoms with Gasteiger partial charge in [0.05, 0.1) is 5.69 Å². The van der Waals surface area contributed by atoms with Gasteiger partial charge >= 0.3 is 0 Å². The lowest BCUT2D eigenvalue weighted by Crippen LogP contribution is -2.29. The van der Waals surface area contributed by atoms with Gasteiger partial charge in [0.1, 0.15) is 6.17 Å². The Morgan fingerprint density at radius 1 is 1.45 bits per heavy atom. The lowest BCUT2D eigenvalue weighted by atomic mass is 10.1. The summed E-state index contributed by atoms with van der Waals surface area (Å²) in [6, 6.07) is 8.29. The highest BCUT2D eigenvalue weighted by Gasteiger charge is 2.19. The Hall–Kier alpha value is -1.02. The van der Waals surface area contributed by atoms with E-state index in [0.29, 0.717) is 6.17 Å². The molecule has 2 heteroatoms. The van der Waals surface area contributed by atoms with E-state index in [2.05, 4.69) is 28.8 Å². The summed E-state index contributed by atoms with van der Waals surface area (Å²) < 4.78 is 0. The van der Waals surface area contributed by atoms with Crippen LogP contribution in [0.15, 0.2) is 24.3 Å². The van der Waals surface area contributed by atoms with Gasteiger partial charge in [-0.3, -0.25) is 10.6 Å². The van der Waals surface area contributed by atoms with Crippen LogP contribution in [-0.4, -0.2) is 13.2 Å². The Labute approximate surface area is 66.6 Å². The first kappa shape index (κ1) is 6.68. The molecule has 1 aliphatic rings. The lowest BCUT2D eigenvalue weighted by molar-refractivity contribution is 0.542. The van der Waals surface area contributed by atoms with Gasteiger partial charge in [-0.15, -0.1) is 0 Å². The van der Waals surface area contributed by atoms with E-state index in [1.165, 1.54) is 5.56 Å². The van der Waals surface area contributed by atoms with Crippen LogP contribution in [0.1, 0.15) is 5.56 Å². The van der Waals surface area contributed by atoms with Gasteiger partial charge in [0.25, 0.3) is 0 Å². The molecule has 1 radical (unpaired) electrons. The Bertz CT molecular complexity index is 232. The van der Waals surface area contributed by atoms with Gasteiger partial charge in [-0.05, 0) is 18.7 Å². The highest BCUT2D eigenvalue weighted by atomic mass is 15.1. The fourth-order valence-corrected chi connectivity index (χ4v) is 1.40. The van der Waals surface area contributed by atoms with Crippen LogP contribution < -0.4 is 10.6 Å². The standard InChI is InChI=1S/C9H11N2/c1-10-9-6-7-4-2-3-5-8(7)11-9/h2-5,9-10H,6H2,1H3. The third-order valence-corrected chi connectivity index (χ3v) is 2.03. The lowest BCUT2D eigenvalue weighted by Gasteiger charge is -2.04. The molecule has 2 rings (SSSR count). The molecule has 1 aliphatic heterocycles. The van der Waals surface area contributed by atoms with E-state index >= 15 is 0 Å². The largest absolute Gasteiger partial charge is 0.299 e. The topological polar surface area (TPSA) is 26.1 Å². The van der Waals surface area contributed by atoms with Crippen molar-refractivity contribution in [2.75, 3.05) is 7.05 Å². The number of fused-ring (bicyclic) bond motifs is 1. The van der Waals surface area contributed by atoms with Crippen molar-refractivity contribution in [1.29, 1.82) is 0 Å². The summed E-state index contributed by atoms with van der Waals surface area (Å²) in [5, 5.41) is 7.60. The second kappa shape index (κ2) is 2.55. The molecule has 0 aromatic heterocycles. The maximum absolute atomic E-state index is 4.46. The van der Waals surface area contributed by atoms with Crippen molar-refractivity contribution < 1.29 is 0 Å². The van der Waals surface area contributed by atoms with E-state index in [1.807, 2.05) is 13.1 Å². The first-order chi connectivity index (χ1) is 5.40. The average molecular weight is 147 g/mol. The predicted molar refractivity (Wildman–Crippen MR) is 44.8 cm³/mol. The molecule has 1 N–H and O–H groups in total. The Morgan fingerprint density at radius 3 is 3.00 bits per heavy atom. The fraction of sp³-hybridized carbons (Fsp3) is 0.333. The molecule has 11 heavy (non-hydrogen) atoms. The van der Waals surface area contributed by atoms with Crippen LogP contribution in [0, 0.1) is 0 Å². The molecule has 1 aromatic rings. The first-order valence-electron chi connectivity index (χ1n) is 3.86. The number of para-hydroxylation sites is 1. The van der Waals surface area contributed by atoms with Crippen LogP contribution in [-0.2, 0) is 6.42 Å². The SMILES string of the molecule is CNC1Cc2ccccc2[N]1. The van der Waals surface area contributed by atoms with Crippen LogP contribution in [0.2, 0.25) is 0 Å². The second-order valence-electron chi connectivity index (χ2n) is 2.77. The molecule has 0 fully saturated rings. The summed E-state index contributed by atoms with van der Waals surface area (Å²) in [4.78, 5) is 0. The molecule has 0 saturated carbocycles. The van der Waals surface area contributed by atoms with Gasteiger partial charge in [0, 0.05) is 6.42 Å². The van der Waals surface area contributed by atoms with Gasteiger partial charge in [0.15, 0.2) is 0 Å². The second-order valence-corrected chi connectivity index (χ2v) is 2.77. The van der Waals surface area contributed by atoms with Crippen LogP contribution in [0.3, 0.4) is 0 Å². The maximum Gasteiger partial charge on any atom is 0.104 e. The van der Waals surface area contributed by atoms with Crippen LogP contribution in [0.4, 0.5) is 5.69 Å². The van der Waals surface area contributed by atoms with Gasteiger partial charge in [-0.2, -0.15) is 0 Å². The van der Waals surface area contributed by atoms with Crippen molar-refractivity contribution in [3.8, 4) is 0 Å². The van der Waals surface area contributed by atoms with E-state index in [9.17, 15) is 0 Å². The molecule has 1 heterocycles. The van der Waals surface area contributed by atoms with Crippen molar-refractivity contribution in [3.63, 3.8) is 0 Å². The normalized spacial score (nSPS) is 21.0. The van der Waals surface area contributed by atoms with E-state index in [0.717, 1.165) is 12.1 Å². The zero-order chi connectivity index (χ0) is 7.68. The number of benzene rings is 1. The molecule has 0 amide bonds. The van der Waals surface area contributed by atoms with Gasteiger partial charge in [-0.25, -0.2) is 0 Å². The molecular weight excluding hydrogens is 136 g/mol. The third kappa shape index (κ3) is 1.10. The molecule has 0 bridgehead atoms. The number of nitrogens with one attached hydrogen (secondary N) is 1. The first-order valence-corrected chi connectivity index (χ1v) is 3.86. The van der Waals surface area contributed by atoms with Gasteiger partial charge in [0.2, 0.25) is 0 Å². The Balaban J connectivity index is 2.27. The molecule has 1 aromatic carbocycles. The minimum Gasteiger partial charge on any atom is -0.299 e. The molecule has 57 valence electrons. The number of nitrogens with zero attached hydrogens (tertiary/aromatic N) is 1. The Morgan fingerprint density at radius 2 is 2.27 bits per heavy atom. The zero-order valence-electron chi connectivity index (χ0n) is 6.54. The molecule has 0 spiro atoms. The quantitative estimate of drug-likeness (QED) is 0.630. The molecular formula is C9H11N2. The molecule has 2 nitrogen and oxygen atoms in total. The smallest absolute Gasteiger partial charge is 0.104 e. The summed E-state index contributed by atoms with van der Waals surface area (Å²) in [6.45, 7) is 0. The fourth-order valence-electron chi connectivity index (χ4n) is 1.40. The van der Waals surface area contributed by atoms with Crippen LogP contribution >= 0.6 is 0 Å². The number of rotatable bonds is 1. The predicted octanol–water partition coefficient (Wildman–Crippen LogP) is 1.02. The van der Waals surface area contributed by atoms with Crippen LogP contribution in [0.25, 0.3) is 0 Å². The summed E-state index contributed by atoms with van der Waals surface area (Å²) in [5.41, 5.74) is 2.50. The van der Waals surface area contributed by atoms with Gasteiger partial charge < -0.3 is 0 Å². The van der Waals surface area contributed by atoms with E-state index in [-0.39, 0.29) is 0 Å². The van der Waals surface area contributed by atoms with Crippen molar-refractivity contribution in [2.45, 2.75) is 12.6 Å². The van der Waals surface area contributed by atoms with E-state index < -0.39 is 0 Å². The average Bonchev–Trinajstić information content (AvgIpc) is 2.46. The minimum atomic E-state index is 0.299. The number of likely N-dealkylation sites (N-methyl/N-ethyl adjacent to an activating group) is 1. The van der Waals surface area contributed by atoms with Gasteiger partial charge in [-0.1, -0.05) is 18.2 Å². The minimum absolute atomic E-state index is 0.299. The summed E-state index contributed by atoms with van der Waals surface area (Å²) in [6.07, 6.45) is 1.33. The Kier molecular flexibility index (Phi) is 1.55. The summed E-state index contributed by atoms with van der Waals surface area (Å²) in [5.74, 6) is 0. The highest BCUT2D eigenvalue weighted by molar-refractivity contribution is 5.48. The summed E-state index contributed by atoms with van der Waals surface area (Å²) in [7, 11) is 1.94.